The Bertz CT molecular complexity index is 3020. The Kier molecular flexibility index (Phi) is 19.6. The Balaban J connectivity index is 1.31. The fourth-order valence-electron chi connectivity index (χ4n) is 8.61. The van der Waals surface area contributed by atoms with Crippen LogP contribution in [-0.4, -0.2) is 101 Å². The molecule has 0 fully saturated rings. The lowest BCUT2D eigenvalue weighted by molar-refractivity contribution is -0.173. The number of aryl methyl sites for hydroxylation is 1. The first-order chi connectivity index (χ1) is 37.1. The molecule has 8 rings (SSSR count). The number of aliphatic carboxylic acids is 1. The van der Waals surface area contributed by atoms with E-state index in [2.05, 4.69) is 31.9 Å². The van der Waals surface area contributed by atoms with Crippen molar-refractivity contribution in [2.24, 2.45) is 0 Å². The molecule has 398 valence electrons. The highest BCUT2D eigenvalue weighted by molar-refractivity contribution is 7.09. The van der Waals surface area contributed by atoms with Gasteiger partial charge in [-0.3, -0.25) is 38.4 Å². The Hall–Kier alpha value is -8.97. The second-order valence-corrected chi connectivity index (χ2v) is 19.4. The van der Waals surface area contributed by atoms with E-state index < -0.39 is 95.8 Å². The molecule has 18 nitrogen and oxygen atoms in total. The molecule has 0 spiro atoms. The molecule has 0 saturated heterocycles. The van der Waals surface area contributed by atoms with Crippen molar-refractivity contribution in [1.29, 1.82) is 0 Å². The second-order valence-electron chi connectivity index (χ2n) is 18.4. The van der Waals surface area contributed by atoms with Crippen molar-refractivity contribution in [3.8, 4) is 11.1 Å². The van der Waals surface area contributed by atoms with Gasteiger partial charge in [0.25, 0.3) is 11.8 Å². The molecular formula is C58H58N6O12S. The van der Waals surface area contributed by atoms with Crippen LogP contribution in [-0.2, 0) is 84.7 Å². The van der Waals surface area contributed by atoms with Crippen LogP contribution in [0, 0.1) is 0 Å². The van der Waals surface area contributed by atoms with Crippen LogP contribution in [0.25, 0.3) is 11.1 Å². The molecule has 0 radical (unpaired) electrons. The lowest BCUT2D eigenvalue weighted by Gasteiger charge is -2.28. The lowest BCUT2D eigenvalue weighted by atomic mass is 9.98. The molecule has 7 unspecified atom stereocenters. The molecule has 6 amide bonds. The van der Waals surface area contributed by atoms with Crippen molar-refractivity contribution < 1.29 is 57.7 Å². The van der Waals surface area contributed by atoms with Gasteiger partial charge in [-0.2, -0.15) is 0 Å². The number of thiophene rings is 1. The third kappa shape index (κ3) is 16.5. The van der Waals surface area contributed by atoms with E-state index in [-0.39, 0.29) is 44.2 Å². The van der Waals surface area contributed by atoms with Crippen molar-refractivity contribution >= 4 is 70.4 Å². The van der Waals surface area contributed by atoms with Gasteiger partial charge in [-0.15, -0.1) is 11.3 Å². The fraction of sp³-hybridized carbons (Fsp3) is 0.259. The first-order valence-electron chi connectivity index (χ1n) is 24.8. The maximum atomic E-state index is 15.0. The lowest BCUT2D eigenvalue weighted by Crippen LogP contribution is -2.60. The van der Waals surface area contributed by atoms with Crippen LogP contribution in [0.3, 0.4) is 0 Å². The summed E-state index contributed by atoms with van der Waals surface area (Å²) >= 11 is 1.26. The van der Waals surface area contributed by atoms with Gasteiger partial charge in [-0.25, -0.2) is 4.79 Å². The zero-order valence-electron chi connectivity index (χ0n) is 42.1. The molecule has 77 heavy (non-hydrogen) atoms. The van der Waals surface area contributed by atoms with Crippen molar-refractivity contribution in [2.75, 3.05) is 5.32 Å². The van der Waals surface area contributed by atoms with Crippen LogP contribution in [0.4, 0.5) is 5.69 Å². The molecule has 2 bridgehead atoms. The van der Waals surface area contributed by atoms with E-state index in [9.17, 15) is 48.3 Å². The van der Waals surface area contributed by atoms with Crippen LogP contribution in [0.15, 0.2) is 157 Å². The fourth-order valence-corrected chi connectivity index (χ4v) is 9.36. The topological polar surface area (TPSA) is 264 Å². The number of carbonyl (C=O) groups is 9. The normalized spacial score (nSPS) is 19.8. The van der Waals surface area contributed by atoms with Crippen molar-refractivity contribution in [3.63, 3.8) is 0 Å². The Labute approximate surface area is 448 Å². The smallest absolute Gasteiger partial charge is 0.326 e. The van der Waals surface area contributed by atoms with Crippen LogP contribution in [0.2, 0.25) is 0 Å². The van der Waals surface area contributed by atoms with E-state index in [0.717, 1.165) is 30.5 Å². The van der Waals surface area contributed by atoms with Crippen molar-refractivity contribution in [3.05, 3.63) is 184 Å². The average molecular weight is 1060 g/mol. The largest absolute Gasteiger partial charge is 0.480 e. The summed E-state index contributed by atoms with van der Waals surface area (Å²) in [6, 6.07) is 36.8. The second kappa shape index (κ2) is 27.0. The molecule has 0 saturated carbocycles. The first-order valence-corrected chi connectivity index (χ1v) is 25.7. The van der Waals surface area contributed by atoms with E-state index in [1.54, 1.807) is 60.0 Å². The van der Waals surface area contributed by atoms with Crippen LogP contribution < -0.4 is 31.9 Å². The number of carboxylic acids is 1. The third-order valence-electron chi connectivity index (χ3n) is 12.5. The molecule has 3 heterocycles. The summed E-state index contributed by atoms with van der Waals surface area (Å²) in [6.07, 6.45) is -4.56. The zero-order chi connectivity index (χ0) is 54.8. The van der Waals surface area contributed by atoms with Gasteiger partial charge in [0.05, 0.1) is 0 Å². The Morgan fingerprint density at radius 1 is 0.571 bits per heavy atom. The quantitative estimate of drug-likeness (QED) is 0.0548. The summed E-state index contributed by atoms with van der Waals surface area (Å²) in [5.74, 6) is -9.03. The minimum absolute atomic E-state index is 0.000611. The molecule has 7 atom stereocenters. The number of esters is 2. The van der Waals surface area contributed by atoms with Gasteiger partial charge >= 0.3 is 17.9 Å². The predicted molar refractivity (Wildman–Crippen MR) is 286 cm³/mol. The van der Waals surface area contributed by atoms with Gasteiger partial charge in [-0.1, -0.05) is 133 Å². The van der Waals surface area contributed by atoms with Gasteiger partial charge in [0.1, 0.15) is 30.2 Å². The number of carboxylic acid groups (broad SMARTS) is 1. The number of benzene rings is 5. The molecule has 19 heteroatoms. The summed E-state index contributed by atoms with van der Waals surface area (Å²) in [7, 11) is 0. The van der Waals surface area contributed by atoms with E-state index in [4.69, 9.17) is 9.47 Å². The Morgan fingerprint density at radius 2 is 1.10 bits per heavy atom. The third-order valence-corrected chi connectivity index (χ3v) is 13.4. The highest BCUT2D eigenvalue weighted by atomic mass is 32.1. The zero-order valence-corrected chi connectivity index (χ0v) is 43.0. The van der Waals surface area contributed by atoms with E-state index in [1.165, 1.54) is 35.6 Å². The van der Waals surface area contributed by atoms with Crippen LogP contribution in [0.1, 0.15) is 47.4 Å². The molecule has 6 aromatic rings. The summed E-state index contributed by atoms with van der Waals surface area (Å²) in [4.78, 5) is 126. The summed E-state index contributed by atoms with van der Waals surface area (Å²) in [6.45, 7) is 1.96. The molecule has 0 aliphatic carbocycles. The van der Waals surface area contributed by atoms with E-state index >= 15 is 0 Å². The summed E-state index contributed by atoms with van der Waals surface area (Å²) in [5, 5.41) is 28.1. The first kappa shape index (κ1) is 55.8. The van der Waals surface area contributed by atoms with E-state index in [1.807, 2.05) is 72.8 Å². The number of rotatable bonds is 15. The molecule has 5 aromatic carbocycles. The van der Waals surface area contributed by atoms with Crippen molar-refractivity contribution in [2.45, 2.75) is 94.8 Å². The van der Waals surface area contributed by atoms with Crippen LogP contribution >= 0.6 is 11.3 Å². The van der Waals surface area contributed by atoms with Gasteiger partial charge in [0.2, 0.25) is 35.8 Å². The van der Waals surface area contributed by atoms with Crippen molar-refractivity contribution in [1.82, 2.24) is 26.6 Å². The number of anilines is 1. The SMILES string of the molecule is CC(=O)OC1C(=O)Nc2ccc(cc2)CC(C(=O)NC(Cc2ccccc2)C(=O)O)NC(=O)C(CCc2ccccc2)NC(=O)C(Cc2ccc(-c3ccccc3)cc2)NC(=O)C(Cc2cccs2)NC(=O)C1OC(C)=O. The predicted octanol–water partition coefficient (Wildman–Crippen LogP) is 4.64. The molecular weight excluding hydrogens is 1000 g/mol. The number of carbonyl (C=O) groups excluding carboxylic acids is 8. The van der Waals surface area contributed by atoms with Gasteiger partial charge in [0, 0.05) is 50.1 Å². The molecule has 1 aromatic heterocycles. The monoisotopic (exact) mass is 1060 g/mol. The number of hydrogen-bond acceptors (Lipinski definition) is 12. The number of amides is 6. The van der Waals surface area contributed by atoms with Crippen LogP contribution in [0.5, 0.6) is 0 Å². The van der Waals surface area contributed by atoms with Gasteiger partial charge in [0.15, 0.2) is 0 Å². The Morgan fingerprint density at radius 3 is 1.69 bits per heavy atom. The molecule has 2 aliphatic heterocycles. The maximum Gasteiger partial charge on any atom is 0.326 e. The number of nitrogens with one attached hydrogen (secondary N) is 6. The highest BCUT2D eigenvalue weighted by Gasteiger charge is 2.42. The molecule has 2 aliphatic rings. The standard InChI is InChI=1S/C58H58N6O12S/c1-35(65)75-50-51(76-36(2)66)57(72)63-48(34-44-19-12-30-77-44)55(70)62-46(31-39-20-25-42(26-21-39)41-17-10-5-11-18-41)53(68)60-45(29-24-37-13-6-3-7-14-37)52(67)61-47(32-40-22-27-43(28-23-40)59-56(50)71)54(69)64-49(58(73)74)33-38-15-8-4-9-16-38/h3-23,25-28,30,45-51H,24,29,31-34H2,1-2H3,(H,59,71)(H,60,68)(H,61,67)(H,62,70)(H,63,72)(H,64,69)(H,73,74). The van der Waals surface area contributed by atoms with Gasteiger partial charge < -0.3 is 46.5 Å². The van der Waals surface area contributed by atoms with E-state index in [0.29, 0.717) is 21.6 Å². The minimum atomic E-state index is -2.14. The number of ether oxygens (including phenoxy) is 2. The molecule has 7 N–H and O–H groups in total. The minimum Gasteiger partial charge on any atom is -0.480 e. The maximum absolute atomic E-state index is 15.0. The average Bonchev–Trinajstić information content (AvgIpc) is 3.94. The highest BCUT2D eigenvalue weighted by Crippen LogP contribution is 2.22. The van der Waals surface area contributed by atoms with Gasteiger partial charge in [-0.05, 0) is 69.8 Å². The summed E-state index contributed by atoms with van der Waals surface area (Å²) < 4.78 is 10.7. The summed E-state index contributed by atoms with van der Waals surface area (Å²) in [5.41, 5.74) is 4.36. The number of fused-ring (bicyclic) bond motifs is 18. The number of hydrogen-bond donors (Lipinski definition) is 7.